The molecule has 1 aliphatic heterocycles. The predicted molar refractivity (Wildman–Crippen MR) is 117 cm³/mol. The summed E-state index contributed by atoms with van der Waals surface area (Å²) in [6, 6.07) is 0. The minimum atomic E-state index is -1.86. The molecule has 158 valence electrons. The number of hydrogen-bond acceptors (Lipinski definition) is 4. The molecular formula is C21H41LiO4Si2. The van der Waals surface area contributed by atoms with E-state index in [9.17, 15) is 0 Å². The zero-order chi connectivity index (χ0) is 21.1. The summed E-state index contributed by atoms with van der Waals surface area (Å²) in [4.78, 5) is 0. The summed E-state index contributed by atoms with van der Waals surface area (Å²) in [5.41, 5.74) is 2.53. The molecule has 0 aromatic carbocycles. The van der Waals surface area contributed by atoms with Gasteiger partial charge in [0.25, 0.3) is 0 Å². The first-order valence-electron chi connectivity index (χ1n) is 9.99. The number of hydrogen-bond donors (Lipinski definition) is 0. The molecule has 0 bridgehead atoms. The minimum absolute atomic E-state index is 0. The Morgan fingerprint density at radius 1 is 1.00 bits per heavy atom. The van der Waals surface area contributed by atoms with Gasteiger partial charge in [0.1, 0.15) is 0 Å². The van der Waals surface area contributed by atoms with E-state index in [4.69, 9.17) is 18.3 Å². The van der Waals surface area contributed by atoms with Crippen LogP contribution in [0, 0.1) is 6.26 Å². The molecule has 1 aliphatic rings. The molecular weight excluding hydrogens is 379 g/mol. The maximum absolute atomic E-state index is 6.65. The van der Waals surface area contributed by atoms with Crippen molar-refractivity contribution in [1.82, 2.24) is 0 Å². The van der Waals surface area contributed by atoms with Gasteiger partial charge in [0, 0.05) is 12.8 Å². The van der Waals surface area contributed by atoms with E-state index in [0.717, 1.165) is 6.42 Å². The first kappa shape index (κ1) is 28.2. The Morgan fingerprint density at radius 2 is 1.54 bits per heavy atom. The molecule has 0 N–H and O–H groups in total. The Bertz CT molecular complexity index is 532. The summed E-state index contributed by atoms with van der Waals surface area (Å²) >= 11 is 0. The second-order valence-electron chi connectivity index (χ2n) is 10.6. The Labute approximate surface area is 187 Å². The van der Waals surface area contributed by atoms with Crippen LogP contribution in [-0.4, -0.2) is 41.7 Å². The van der Waals surface area contributed by atoms with Crippen LogP contribution in [0.4, 0.5) is 0 Å². The predicted octanol–water partition coefficient (Wildman–Crippen LogP) is 3.03. The third kappa shape index (κ3) is 8.16. The number of rotatable bonds is 7. The van der Waals surface area contributed by atoms with Gasteiger partial charge in [-0.1, -0.05) is 41.5 Å². The molecule has 1 fully saturated rings. The topological polar surface area (TPSA) is 36.9 Å². The van der Waals surface area contributed by atoms with Gasteiger partial charge in [-0.2, -0.15) is 0 Å². The Morgan fingerprint density at radius 3 is 2.00 bits per heavy atom. The van der Waals surface area contributed by atoms with Crippen LogP contribution in [0.2, 0.25) is 36.3 Å². The summed E-state index contributed by atoms with van der Waals surface area (Å²) in [7, 11) is -3.69. The van der Waals surface area contributed by atoms with Crippen molar-refractivity contribution < 1.29 is 37.2 Å². The van der Waals surface area contributed by atoms with E-state index in [-0.39, 0.29) is 41.1 Å². The van der Waals surface area contributed by atoms with Gasteiger partial charge in [-0.15, -0.1) is 0 Å². The maximum atomic E-state index is 6.65. The normalized spacial score (nSPS) is 24.1. The van der Waals surface area contributed by atoms with Gasteiger partial charge in [-0.25, -0.2) is 6.58 Å². The van der Waals surface area contributed by atoms with E-state index in [1.807, 2.05) is 0 Å². The molecule has 0 amide bonds. The van der Waals surface area contributed by atoms with Crippen LogP contribution < -0.4 is 18.9 Å². The first-order chi connectivity index (χ1) is 12.1. The van der Waals surface area contributed by atoms with Gasteiger partial charge in [0.15, 0.2) is 22.9 Å². The molecule has 0 saturated carbocycles. The molecule has 0 aromatic rings. The largest absolute Gasteiger partial charge is 1.00 e. The summed E-state index contributed by atoms with van der Waals surface area (Å²) < 4.78 is 24.7. The second-order valence-corrected chi connectivity index (χ2v) is 20.2. The summed E-state index contributed by atoms with van der Waals surface area (Å²) in [6.07, 6.45) is 3.78. The second kappa shape index (κ2) is 10.5. The van der Waals surface area contributed by atoms with Crippen molar-refractivity contribution in [3.8, 4) is 0 Å². The SMILES string of the molecule is C=C=[C-]O[C@@H]1C[C@@H](O[Si](C)(C)C(C)(C)C)C[C@@H](CO[Si](C)(C)C(C)(C)C)O1.[Li+]. The number of ether oxygens (including phenoxy) is 2. The molecule has 0 radical (unpaired) electrons. The average Bonchev–Trinajstić information content (AvgIpc) is 2.48. The van der Waals surface area contributed by atoms with Crippen molar-refractivity contribution in [2.75, 3.05) is 6.61 Å². The van der Waals surface area contributed by atoms with E-state index in [1.165, 1.54) is 0 Å². The standard InChI is InChI=1S/C21H41O4Si2.Li/c1-12-13-22-19-15-17(25-27(10,11)21(5,6)7)14-18(24-19)16-23-26(8,9)20(2,3)4;/h17-19H,1,14-16H2,2-11H3;/q-1;+1/t17-,18-,19-;/m0./s1. The van der Waals surface area contributed by atoms with Crippen molar-refractivity contribution in [2.45, 2.75) is 109 Å². The van der Waals surface area contributed by atoms with E-state index in [0.29, 0.717) is 13.0 Å². The van der Waals surface area contributed by atoms with Crippen molar-refractivity contribution in [1.29, 1.82) is 0 Å². The van der Waals surface area contributed by atoms with Crippen LogP contribution in [0.25, 0.3) is 0 Å². The first-order valence-corrected chi connectivity index (χ1v) is 15.8. The Kier molecular flexibility index (Phi) is 10.6. The van der Waals surface area contributed by atoms with Gasteiger partial charge in [-0.05, 0) is 42.5 Å². The van der Waals surface area contributed by atoms with Crippen molar-refractivity contribution in [2.24, 2.45) is 0 Å². The van der Waals surface area contributed by atoms with Crippen LogP contribution in [0.15, 0.2) is 12.3 Å². The van der Waals surface area contributed by atoms with Gasteiger partial charge >= 0.3 is 18.9 Å². The van der Waals surface area contributed by atoms with Crippen LogP contribution in [0.5, 0.6) is 0 Å². The molecule has 1 saturated heterocycles. The van der Waals surface area contributed by atoms with Crippen LogP contribution in [0.1, 0.15) is 54.4 Å². The quantitative estimate of drug-likeness (QED) is 0.275. The smallest absolute Gasteiger partial charge is 0.562 e. The molecule has 3 atom stereocenters. The molecule has 0 unspecified atom stereocenters. The third-order valence-corrected chi connectivity index (χ3v) is 15.3. The monoisotopic (exact) mass is 420 g/mol. The minimum Gasteiger partial charge on any atom is -0.562 e. The fraction of sp³-hybridized carbons (Fsp3) is 0.857. The third-order valence-electron chi connectivity index (χ3n) is 6.29. The molecule has 7 heteroatoms. The summed E-state index contributed by atoms with van der Waals surface area (Å²) in [5, 5.41) is 0.343. The molecule has 0 aromatic heterocycles. The van der Waals surface area contributed by atoms with Crippen molar-refractivity contribution in [3.63, 3.8) is 0 Å². The van der Waals surface area contributed by atoms with E-state index in [2.05, 4.69) is 86.3 Å². The average molecular weight is 421 g/mol. The maximum Gasteiger partial charge on any atom is 1.00 e. The molecule has 1 heterocycles. The molecule has 0 spiro atoms. The fourth-order valence-electron chi connectivity index (χ4n) is 2.43. The fourth-order valence-corrected chi connectivity index (χ4v) is 4.84. The van der Waals surface area contributed by atoms with E-state index < -0.39 is 22.9 Å². The molecule has 28 heavy (non-hydrogen) atoms. The van der Waals surface area contributed by atoms with Gasteiger partial charge in [-0.3, -0.25) is 5.73 Å². The van der Waals surface area contributed by atoms with Crippen molar-refractivity contribution in [3.05, 3.63) is 18.6 Å². The van der Waals surface area contributed by atoms with E-state index >= 15 is 0 Å². The van der Waals surface area contributed by atoms with Gasteiger partial charge in [0.2, 0.25) is 0 Å². The van der Waals surface area contributed by atoms with Crippen molar-refractivity contribution >= 4 is 16.6 Å². The summed E-state index contributed by atoms with van der Waals surface area (Å²) in [5.74, 6) is 0. The molecule has 1 rings (SSSR count). The van der Waals surface area contributed by atoms with Gasteiger partial charge in [0.05, 0.1) is 18.8 Å². The zero-order valence-corrected chi connectivity index (χ0v) is 22.2. The van der Waals surface area contributed by atoms with Crippen LogP contribution >= 0.6 is 0 Å². The Balaban J connectivity index is 0.00000729. The van der Waals surface area contributed by atoms with Crippen LogP contribution in [-0.2, 0) is 18.3 Å². The molecule has 0 aliphatic carbocycles. The Hall–Kier alpha value is 0.231. The molecule has 4 nitrogen and oxygen atoms in total. The zero-order valence-electron chi connectivity index (χ0n) is 20.2. The van der Waals surface area contributed by atoms with Crippen LogP contribution in [0.3, 0.4) is 0 Å². The van der Waals surface area contributed by atoms with E-state index in [1.54, 1.807) is 0 Å². The summed E-state index contributed by atoms with van der Waals surface area (Å²) in [6.45, 7) is 26.7. The van der Waals surface area contributed by atoms with Gasteiger partial charge < -0.3 is 18.3 Å².